The summed E-state index contributed by atoms with van der Waals surface area (Å²) >= 11 is 6.61. The van der Waals surface area contributed by atoms with Crippen LogP contribution in [-0.2, 0) is 17.7 Å². The van der Waals surface area contributed by atoms with E-state index in [1.54, 1.807) is 4.57 Å². The Morgan fingerprint density at radius 1 is 1.21 bits per heavy atom. The Labute approximate surface area is 200 Å². The van der Waals surface area contributed by atoms with E-state index in [4.69, 9.17) is 21.3 Å². The molecule has 1 aliphatic rings. The van der Waals surface area contributed by atoms with Crippen molar-refractivity contribution in [2.45, 2.75) is 45.9 Å². The molecule has 2 atom stereocenters. The van der Waals surface area contributed by atoms with Crippen LogP contribution in [0.3, 0.4) is 0 Å². The van der Waals surface area contributed by atoms with Crippen molar-refractivity contribution in [1.82, 2.24) is 9.55 Å². The third-order valence-corrected chi connectivity index (χ3v) is 6.55. The lowest BCUT2D eigenvalue weighted by atomic mass is 10.1. The molecule has 0 radical (unpaired) electrons. The fourth-order valence-corrected chi connectivity index (χ4v) is 4.80. The Morgan fingerprint density at radius 3 is 2.64 bits per heavy atom. The maximum atomic E-state index is 13.6. The van der Waals surface area contributed by atoms with E-state index >= 15 is 0 Å². The van der Waals surface area contributed by atoms with E-state index in [1.165, 1.54) is 11.1 Å². The largest absolute Gasteiger partial charge is 0.378 e. The minimum absolute atomic E-state index is 0.0334. The molecule has 2 aromatic carbocycles. The molecule has 174 valence electrons. The van der Waals surface area contributed by atoms with Gasteiger partial charge in [-0.3, -0.25) is 9.36 Å². The number of hydrogen-bond acceptors (Lipinski definition) is 5. The number of rotatable bonds is 7. The van der Waals surface area contributed by atoms with Crippen molar-refractivity contribution >= 4 is 23.0 Å². The van der Waals surface area contributed by atoms with Crippen LogP contribution >= 0.6 is 11.6 Å². The van der Waals surface area contributed by atoms with Crippen LogP contribution in [0.2, 0.25) is 5.02 Å². The predicted octanol–water partition coefficient (Wildman–Crippen LogP) is 5.07. The van der Waals surface area contributed by atoms with Gasteiger partial charge in [0.2, 0.25) is 0 Å². The molecule has 0 saturated carbocycles. The number of fused-ring (bicyclic) bond motifs is 1. The van der Waals surface area contributed by atoms with Gasteiger partial charge < -0.3 is 15.0 Å². The van der Waals surface area contributed by atoms with E-state index in [0.717, 1.165) is 17.7 Å². The highest BCUT2D eigenvalue weighted by molar-refractivity contribution is 6.33. The zero-order chi connectivity index (χ0) is 23.7. The lowest BCUT2D eigenvalue weighted by Crippen LogP contribution is -2.32. The Balaban J connectivity index is 1.77. The molecule has 1 heterocycles. The maximum Gasteiger partial charge on any atom is 0.277 e. The monoisotopic (exact) mass is 466 g/mol. The van der Waals surface area contributed by atoms with E-state index in [9.17, 15) is 4.79 Å². The number of aromatic nitrogens is 2. The summed E-state index contributed by atoms with van der Waals surface area (Å²) in [4.78, 5) is 20.5. The second-order valence-corrected chi connectivity index (χ2v) is 8.93. The van der Waals surface area contributed by atoms with Crippen LogP contribution < -0.4 is 15.8 Å². The Bertz CT molecular complexity index is 1220. The van der Waals surface area contributed by atoms with Gasteiger partial charge in [-0.25, -0.2) is 4.98 Å². The molecule has 1 aromatic heterocycles. The van der Waals surface area contributed by atoms with E-state index in [0.29, 0.717) is 35.4 Å². The van der Waals surface area contributed by atoms with Crippen molar-refractivity contribution in [2.24, 2.45) is 0 Å². The molecule has 0 fully saturated rings. The fourth-order valence-electron chi connectivity index (χ4n) is 4.54. The molecule has 7 heteroatoms. The molecule has 33 heavy (non-hydrogen) atoms. The van der Waals surface area contributed by atoms with Gasteiger partial charge in [-0.15, -0.1) is 0 Å². The van der Waals surface area contributed by atoms with Crippen LogP contribution in [0.1, 0.15) is 36.7 Å². The van der Waals surface area contributed by atoms with Crippen molar-refractivity contribution in [2.75, 3.05) is 30.9 Å². The minimum Gasteiger partial charge on any atom is -0.378 e. The van der Waals surface area contributed by atoms with E-state index < -0.39 is 0 Å². The van der Waals surface area contributed by atoms with Gasteiger partial charge in [0.15, 0.2) is 0 Å². The van der Waals surface area contributed by atoms with Crippen molar-refractivity contribution in [3.8, 4) is 11.4 Å². The highest BCUT2D eigenvalue weighted by Crippen LogP contribution is 2.36. The Hall–Kier alpha value is -2.83. The molecule has 0 aliphatic heterocycles. The van der Waals surface area contributed by atoms with Crippen LogP contribution in [0, 0.1) is 6.92 Å². The van der Waals surface area contributed by atoms with Crippen LogP contribution in [0.4, 0.5) is 11.4 Å². The summed E-state index contributed by atoms with van der Waals surface area (Å²) in [7, 11) is 3.93. The Kier molecular flexibility index (Phi) is 6.77. The molecule has 0 spiro atoms. The smallest absolute Gasteiger partial charge is 0.277 e. The summed E-state index contributed by atoms with van der Waals surface area (Å²) < 4.78 is 7.72. The fraction of sp³-hybridized carbons (Fsp3) is 0.385. The van der Waals surface area contributed by atoms with Crippen LogP contribution in [0.15, 0.2) is 47.3 Å². The zero-order valence-electron chi connectivity index (χ0n) is 19.9. The molecule has 6 nitrogen and oxygen atoms in total. The summed E-state index contributed by atoms with van der Waals surface area (Å²) in [6.07, 6.45) is 0.788. The number of anilines is 2. The average Bonchev–Trinajstić information content (AvgIpc) is 3.13. The quantitative estimate of drug-likeness (QED) is 0.526. The third-order valence-electron chi connectivity index (χ3n) is 6.24. The first-order chi connectivity index (χ1) is 15.8. The van der Waals surface area contributed by atoms with Gasteiger partial charge in [-0.2, -0.15) is 0 Å². The summed E-state index contributed by atoms with van der Waals surface area (Å²) in [6.45, 7) is 6.91. The van der Waals surface area contributed by atoms with Crippen molar-refractivity contribution in [3.63, 3.8) is 0 Å². The number of benzene rings is 2. The van der Waals surface area contributed by atoms with Crippen molar-refractivity contribution < 1.29 is 4.74 Å². The van der Waals surface area contributed by atoms with Crippen LogP contribution in [-0.4, -0.2) is 36.4 Å². The molecule has 1 N–H and O–H groups in total. The average molecular weight is 467 g/mol. The van der Waals surface area contributed by atoms with Gasteiger partial charge in [-0.05, 0) is 50.1 Å². The minimum atomic E-state index is -0.104. The first-order valence-electron chi connectivity index (χ1n) is 11.4. The second-order valence-electron chi connectivity index (χ2n) is 8.52. The van der Waals surface area contributed by atoms with Gasteiger partial charge in [0.1, 0.15) is 11.5 Å². The first-order valence-corrected chi connectivity index (χ1v) is 11.8. The summed E-state index contributed by atoms with van der Waals surface area (Å²) in [5, 5.41) is 4.07. The normalized spacial score (nSPS) is 17.2. The third kappa shape index (κ3) is 4.37. The van der Waals surface area contributed by atoms with E-state index in [2.05, 4.69) is 17.4 Å². The van der Waals surface area contributed by atoms with Crippen LogP contribution in [0.5, 0.6) is 0 Å². The first kappa shape index (κ1) is 23.3. The highest BCUT2D eigenvalue weighted by atomic mass is 35.5. The second kappa shape index (κ2) is 9.57. The SMILES string of the molecule is CCO[C@H]1Cc2ccccc2C1Nc1c(C)nc(-c2ccc(N(C)C)cc2Cl)n(CC)c1=O. The van der Waals surface area contributed by atoms with Gasteiger partial charge in [0, 0.05) is 44.9 Å². The molecular formula is C26H31ClN4O2. The number of ether oxygens (including phenoxy) is 1. The number of nitrogens with one attached hydrogen (secondary N) is 1. The molecule has 1 unspecified atom stereocenters. The number of aryl methyl sites for hydroxylation is 1. The van der Waals surface area contributed by atoms with Gasteiger partial charge in [-0.1, -0.05) is 35.9 Å². The molecule has 0 bridgehead atoms. The summed E-state index contributed by atoms with van der Waals surface area (Å²) in [5.41, 5.74) is 5.20. The Morgan fingerprint density at radius 2 is 1.97 bits per heavy atom. The van der Waals surface area contributed by atoms with Gasteiger partial charge in [0.05, 0.1) is 22.9 Å². The van der Waals surface area contributed by atoms with Crippen LogP contribution in [0.25, 0.3) is 11.4 Å². The molecular weight excluding hydrogens is 436 g/mol. The topological polar surface area (TPSA) is 59.4 Å². The van der Waals surface area contributed by atoms with E-state index in [1.807, 2.05) is 70.1 Å². The highest BCUT2D eigenvalue weighted by Gasteiger charge is 2.34. The number of halogens is 1. The lowest BCUT2D eigenvalue weighted by Gasteiger charge is -2.24. The zero-order valence-corrected chi connectivity index (χ0v) is 20.6. The maximum absolute atomic E-state index is 13.6. The van der Waals surface area contributed by atoms with Gasteiger partial charge in [0.25, 0.3) is 5.56 Å². The molecule has 0 saturated heterocycles. The lowest BCUT2D eigenvalue weighted by molar-refractivity contribution is 0.0574. The van der Waals surface area contributed by atoms with E-state index in [-0.39, 0.29) is 17.7 Å². The standard InChI is InChI=1S/C26H31ClN4O2/c1-6-31-25(20-13-12-18(30(4)5)15-21(20)27)28-16(3)23(26(31)32)29-24-19-11-9-8-10-17(19)14-22(24)33-7-2/h8-13,15,22,24,29H,6-7,14H2,1-5H3/t22-,24?/m0/s1. The summed E-state index contributed by atoms with van der Waals surface area (Å²) in [6, 6.07) is 14.0. The molecule has 4 rings (SSSR count). The predicted molar refractivity (Wildman–Crippen MR) is 136 cm³/mol. The van der Waals surface area contributed by atoms with Crippen molar-refractivity contribution in [1.29, 1.82) is 0 Å². The molecule has 3 aromatic rings. The molecule has 0 amide bonds. The summed E-state index contributed by atoms with van der Waals surface area (Å²) in [5.74, 6) is 0.578. The number of nitrogens with zero attached hydrogens (tertiary/aromatic N) is 3. The van der Waals surface area contributed by atoms with Gasteiger partial charge >= 0.3 is 0 Å². The number of hydrogen-bond donors (Lipinski definition) is 1. The van der Waals surface area contributed by atoms with Crippen molar-refractivity contribution in [3.05, 3.63) is 74.7 Å². The molecule has 1 aliphatic carbocycles.